The Bertz CT molecular complexity index is 506. The Balaban J connectivity index is 2.14. The summed E-state index contributed by atoms with van der Waals surface area (Å²) in [5, 5.41) is 0. The van der Waals surface area contributed by atoms with Gasteiger partial charge in [-0.2, -0.15) is 0 Å². The molecule has 2 rings (SSSR count). The van der Waals surface area contributed by atoms with Crippen molar-refractivity contribution in [3.8, 4) is 0 Å². The Labute approximate surface area is 113 Å². The smallest absolute Gasteiger partial charge is 0.289 e. The molecule has 0 fully saturated rings. The normalized spacial score (nSPS) is 10.7. The molecule has 0 bridgehead atoms. The monoisotopic (exact) mass is 258 g/mol. The Morgan fingerprint density at radius 2 is 2.16 bits per heavy atom. The molecule has 100 valence electrons. The summed E-state index contributed by atoms with van der Waals surface area (Å²) in [5.41, 5.74) is 0.878. The van der Waals surface area contributed by atoms with Crippen molar-refractivity contribution in [2.75, 3.05) is 6.54 Å². The first-order valence-electron chi connectivity index (χ1n) is 6.39. The van der Waals surface area contributed by atoms with Crippen LogP contribution in [-0.4, -0.2) is 22.3 Å². The standard InChI is InChI=1S/C15H18N2O2/c1-12(2)10-17(11-13-6-3-4-8-16-13)15(18)14-7-5-9-19-14/h3-9,12H,10-11H2,1-2H3. The molecular weight excluding hydrogens is 240 g/mol. The van der Waals surface area contributed by atoms with Gasteiger partial charge >= 0.3 is 0 Å². The van der Waals surface area contributed by atoms with Crippen molar-refractivity contribution in [1.82, 2.24) is 9.88 Å². The zero-order valence-corrected chi connectivity index (χ0v) is 11.2. The minimum absolute atomic E-state index is 0.0932. The van der Waals surface area contributed by atoms with Crippen LogP contribution < -0.4 is 0 Å². The highest BCUT2D eigenvalue weighted by atomic mass is 16.3. The van der Waals surface area contributed by atoms with Crippen LogP contribution in [0.4, 0.5) is 0 Å². The van der Waals surface area contributed by atoms with E-state index in [-0.39, 0.29) is 5.91 Å². The quantitative estimate of drug-likeness (QED) is 0.828. The van der Waals surface area contributed by atoms with Crippen molar-refractivity contribution in [3.05, 3.63) is 54.2 Å². The second-order valence-electron chi connectivity index (χ2n) is 4.88. The van der Waals surface area contributed by atoms with Gasteiger partial charge in [0.05, 0.1) is 18.5 Å². The van der Waals surface area contributed by atoms with Gasteiger partial charge in [-0.25, -0.2) is 0 Å². The lowest BCUT2D eigenvalue weighted by Gasteiger charge is -2.23. The molecule has 2 aromatic heterocycles. The largest absolute Gasteiger partial charge is 0.459 e. The van der Waals surface area contributed by atoms with E-state index < -0.39 is 0 Å². The van der Waals surface area contributed by atoms with Crippen molar-refractivity contribution in [1.29, 1.82) is 0 Å². The van der Waals surface area contributed by atoms with Gasteiger partial charge in [-0.05, 0) is 30.2 Å². The number of carbonyl (C=O) groups excluding carboxylic acids is 1. The molecule has 0 aromatic carbocycles. The van der Waals surface area contributed by atoms with Gasteiger partial charge in [0.25, 0.3) is 5.91 Å². The maximum Gasteiger partial charge on any atom is 0.289 e. The molecule has 4 heteroatoms. The third kappa shape index (κ3) is 3.68. The molecular formula is C15H18N2O2. The summed E-state index contributed by atoms with van der Waals surface area (Å²) in [7, 11) is 0. The van der Waals surface area contributed by atoms with E-state index in [2.05, 4.69) is 18.8 Å². The van der Waals surface area contributed by atoms with Gasteiger partial charge in [0.15, 0.2) is 5.76 Å². The predicted octanol–water partition coefficient (Wildman–Crippen LogP) is 2.97. The first-order chi connectivity index (χ1) is 9.16. The molecule has 0 saturated carbocycles. The highest BCUT2D eigenvalue weighted by molar-refractivity contribution is 5.91. The summed E-state index contributed by atoms with van der Waals surface area (Å²) in [6.07, 6.45) is 3.25. The van der Waals surface area contributed by atoms with Crippen LogP contribution in [0.5, 0.6) is 0 Å². The zero-order chi connectivity index (χ0) is 13.7. The van der Waals surface area contributed by atoms with E-state index in [4.69, 9.17) is 4.42 Å². The number of hydrogen-bond acceptors (Lipinski definition) is 3. The van der Waals surface area contributed by atoms with E-state index in [1.807, 2.05) is 18.2 Å². The third-order valence-electron chi connectivity index (χ3n) is 2.68. The molecule has 0 atom stereocenters. The Kier molecular flexibility index (Phi) is 4.34. The number of aromatic nitrogens is 1. The number of nitrogens with zero attached hydrogens (tertiary/aromatic N) is 2. The molecule has 0 aliphatic heterocycles. The number of hydrogen-bond donors (Lipinski definition) is 0. The van der Waals surface area contributed by atoms with Crippen molar-refractivity contribution >= 4 is 5.91 Å². The van der Waals surface area contributed by atoms with Gasteiger partial charge in [0, 0.05) is 12.7 Å². The maximum atomic E-state index is 12.4. The first kappa shape index (κ1) is 13.3. The second-order valence-corrected chi connectivity index (χ2v) is 4.88. The van der Waals surface area contributed by atoms with Gasteiger partial charge in [0.2, 0.25) is 0 Å². The minimum atomic E-state index is -0.0932. The number of pyridine rings is 1. The summed E-state index contributed by atoms with van der Waals surface area (Å²) in [6.45, 7) is 5.34. The second kappa shape index (κ2) is 6.18. The van der Waals surface area contributed by atoms with Crippen LogP contribution in [0.25, 0.3) is 0 Å². The van der Waals surface area contributed by atoms with Crippen LogP contribution in [0, 0.1) is 5.92 Å². The Hall–Kier alpha value is -2.10. The molecule has 0 aliphatic rings. The van der Waals surface area contributed by atoms with E-state index in [0.717, 1.165) is 5.69 Å². The van der Waals surface area contributed by atoms with Crippen molar-refractivity contribution < 1.29 is 9.21 Å². The van der Waals surface area contributed by atoms with Gasteiger partial charge in [-0.1, -0.05) is 19.9 Å². The van der Waals surface area contributed by atoms with E-state index in [1.165, 1.54) is 6.26 Å². The van der Waals surface area contributed by atoms with Crippen LogP contribution in [0.3, 0.4) is 0 Å². The molecule has 0 N–H and O–H groups in total. The molecule has 0 unspecified atom stereocenters. The predicted molar refractivity (Wildman–Crippen MR) is 72.5 cm³/mol. The summed E-state index contributed by atoms with van der Waals surface area (Å²) in [4.78, 5) is 18.4. The third-order valence-corrected chi connectivity index (χ3v) is 2.68. The SMILES string of the molecule is CC(C)CN(Cc1ccccn1)C(=O)c1ccco1. The molecule has 4 nitrogen and oxygen atoms in total. The van der Waals surface area contributed by atoms with Crippen molar-refractivity contribution in [2.24, 2.45) is 5.92 Å². The summed E-state index contributed by atoms with van der Waals surface area (Å²) < 4.78 is 5.18. The van der Waals surface area contributed by atoms with E-state index >= 15 is 0 Å². The molecule has 19 heavy (non-hydrogen) atoms. The average molecular weight is 258 g/mol. The highest BCUT2D eigenvalue weighted by Gasteiger charge is 2.19. The number of rotatable bonds is 5. The van der Waals surface area contributed by atoms with Crippen molar-refractivity contribution in [2.45, 2.75) is 20.4 Å². The van der Waals surface area contributed by atoms with E-state index in [0.29, 0.717) is 24.8 Å². The lowest BCUT2D eigenvalue weighted by molar-refractivity contribution is 0.0688. The Morgan fingerprint density at radius 3 is 2.74 bits per heavy atom. The molecule has 1 amide bonds. The fraction of sp³-hybridized carbons (Fsp3) is 0.333. The number of carbonyl (C=O) groups is 1. The van der Waals surface area contributed by atoms with Gasteiger partial charge in [-0.15, -0.1) is 0 Å². The molecule has 2 aromatic rings. The van der Waals surface area contributed by atoms with Crippen LogP contribution >= 0.6 is 0 Å². The van der Waals surface area contributed by atoms with Crippen molar-refractivity contribution in [3.63, 3.8) is 0 Å². The van der Waals surface area contributed by atoms with Gasteiger partial charge in [-0.3, -0.25) is 9.78 Å². The van der Waals surface area contributed by atoms with Crippen LogP contribution in [0.1, 0.15) is 30.1 Å². The molecule has 0 spiro atoms. The van der Waals surface area contributed by atoms with E-state index in [1.54, 1.807) is 23.2 Å². The van der Waals surface area contributed by atoms with Gasteiger partial charge in [0.1, 0.15) is 0 Å². The van der Waals surface area contributed by atoms with E-state index in [9.17, 15) is 4.79 Å². The van der Waals surface area contributed by atoms with Crippen LogP contribution in [0.15, 0.2) is 47.2 Å². The maximum absolute atomic E-state index is 12.4. The zero-order valence-electron chi connectivity index (χ0n) is 11.2. The van der Waals surface area contributed by atoms with Gasteiger partial charge < -0.3 is 9.32 Å². The summed E-state index contributed by atoms with van der Waals surface area (Å²) >= 11 is 0. The lowest BCUT2D eigenvalue weighted by Crippen LogP contribution is -2.33. The summed E-state index contributed by atoms with van der Waals surface area (Å²) in [5.74, 6) is 0.670. The van der Waals surface area contributed by atoms with Crippen LogP contribution in [-0.2, 0) is 6.54 Å². The molecule has 0 radical (unpaired) electrons. The molecule has 0 saturated heterocycles. The summed E-state index contributed by atoms with van der Waals surface area (Å²) in [6, 6.07) is 9.12. The lowest BCUT2D eigenvalue weighted by atomic mass is 10.2. The first-order valence-corrected chi connectivity index (χ1v) is 6.39. The Morgan fingerprint density at radius 1 is 1.32 bits per heavy atom. The average Bonchev–Trinajstić information content (AvgIpc) is 2.91. The van der Waals surface area contributed by atoms with Crippen LogP contribution in [0.2, 0.25) is 0 Å². The fourth-order valence-corrected chi connectivity index (χ4v) is 1.90. The topological polar surface area (TPSA) is 46.3 Å². The fourth-order valence-electron chi connectivity index (χ4n) is 1.90. The molecule has 2 heterocycles. The highest BCUT2D eigenvalue weighted by Crippen LogP contribution is 2.11. The minimum Gasteiger partial charge on any atom is -0.459 e. The molecule has 0 aliphatic carbocycles. The number of furan rings is 1. The number of amides is 1.